The van der Waals surface area contributed by atoms with E-state index < -0.39 is 6.10 Å². The Morgan fingerprint density at radius 1 is 1.37 bits per heavy atom. The first-order valence-corrected chi connectivity index (χ1v) is 6.74. The molecule has 19 heavy (non-hydrogen) atoms. The maximum absolute atomic E-state index is 9.68. The first-order valence-electron chi connectivity index (χ1n) is 6.37. The minimum atomic E-state index is -0.502. The Balaban J connectivity index is 2.05. The number of aliphatic hydroxyl groups excluding tert-OH is 1. The lowest BCUT2D eigenvalue weighted by Gasteiger charge is -2.12. The number of hydrogen-bond acceptors (Lipinski definition) is 3. The molecule has 1 rings (SSSR count). The van der Waals surface area contributed by atoms with Crippen molar-refractivity contribution in [2.45, 2.75) is 25.6 Å². The lowest BCUT2D eigenvalue weighted by molar-refractivity contribution is 0.0289. The summed E-state index contributed by atoms with van der Waals surface area (Å²) >= 11 is 5.79. The lowest BCUT2D eigenvalue weighted by Crippen LogP contribution is -2.30. The van der Waals surface area contributed by atoms with Gasteiger partial charge in [0.15, 0.2) is 0 Å². The topological polar surface area (TPSA) is 41.5 Å². The molecule has 1 atom stereocenters. The fourth-order valence-corrected chi connectivity index (χ4v) is 1.66. The SMILES string of the molecule is C#CCCCNCC(O)COCc1ccc(Cl)cc1. The number of unbranched alkanes of at least 4 members (excludes halogenated alkanes) is 1. The standard InChI is InChI=1S/C15H20ClNO2/c1-2-3-4-9-17-10-15(18)12-19-11-13-5-7-14(16)8-6-13/h1,5-8,15,17-18H,3-4,9-12H2. The zero-order valence-electron chi connectivity index (χ0n) is 10.9. The van der Waals surface area contributed by atoms with Crippen LogP contribution in [0.3, 0.4) is 0 Å². The summed E-state index contributed by atoms with van der Waals surface area (Å²) in [5.74, 6) is 2.58. The smallest absolute Gasteiger partial charge is 0.0897 e. The summed E-state index contributed by atoms with van der Waals surface area (Å²) in [6.07, 6.45) is 6.33. The normalized spacial score (nSPS) is 12.1. The number of nitrogens with one attached hydrogen (secondary N) is 1. The summed E-state index contributed by atoms with van der Waals surface area (Å²) in [7, 11) is 0. The molecule has 0 radical (unpaired) electrons. The fourth-order valence-electron chi connectivity index (χ4n) is 1.54. The van der Waals surface area contributed by atoms with Crippen LogP contribution in [-0.2, 0) is 11.3 Å². The van der Waals surface area contributed by atoms with Gasteiger partial charge in [-0.2, -0.15) is 0 Å². The van der Waals surface area contributed by atoms with Gasteiger partial charge in [0.25, 0.3) is 0 Å². The predicted octanol–water partition coefficient (Wildman–Crippen LogP) is 2.22. The van der Waals surface area contributed by atoms with Crippen LogP contribution in [-0.4, -0.2) is 30.9 Å². The third-order valence-corrected chi connectivity index (χ3v) is 2.80. The minimum absolute atomic E-state index is 0.310. The number of aliphatic hydroxyl groups is 1. The highest BCUT2D eigenvalue weighted by Crippen LogP contribution is 2.10. The van der Waals surface area contributed by atoms with Crippen molar-refractivity contribution in [2.24, 2.45) is 0 Å². The first-order chi connectivity index (χ1) is 9.22. The van der Waals surface area contributed by atoms with Crippen molar-refractivity contribution in [3.8, 4) is 12.3 Å². The van der Waals surface area contributed by atoms with Crippen LogP contribution in [0, 0.1) is 12.3 Å². The maximum Gasteiger partial charge on any atom is 0.0897 e. The second-order valence-corrected chi connectivity index (χ2v) is 4.74. The van der Waals surface area contributed by atoms with E-state index in [0.717, 1.165) is 24.9 Å². The van der Waals surface area contributed by atoms with E-state index in [1.807, 2.05) is 24.3 Å². The summed E-state index contributed by atoms with van der Waals surface area (Å²) in [6.45, 7) is 2.12. The molecule has 0 saturated heterocycles. The molecular weight excluding hydrogens is 262 g/mol. The van der Waals surface area contributed by atoms with Gasteiger partial charge in [0.05, 0.1) is 19.3 Å². The van der Waals surface area contributed by atoms with Gasteiger partial charge in [-0.15, -0.1) is 12.3 Å². The number of ether oxygens (including phenoxy) is 1. The van der Waals surface area contributed by atoms with Crippen LogP contribution in [0.25, 0.3) is 0 Å². The van der Waals surface area contributed by atoms with Crippen LogP contribution in [0.4, 0.5) is 0 Å². The Morgan fingerprint density at radius 2 is 2.11 bits per heavy atom. The molecular formula is C15H20ClNO2. The van der Waals surface area contributed by atoms with Gasteiger partial charge >= 0.3 is 0 Å². The predicted molar refractivity (Wildman–Crippen MR) is 78.1 cm³/mol. The third-order valence-electron chi connectivity index (χ3n) is 2.55. The molecule has 0 fully saturated rings. The lowest BCUT2D eigenvalue weighted by atomic mass is 10.2. The molecule has 3 nitrogen and oxygen atoms in total. The van der Waals surface area contributed by atoms with Gasteiger partial charge in [0.1, 0.15) is 0 Å². The van der Waals surface area contributed by atoms with E-state index in [1.165, 1.54) is 0 Å². The van der Waals surface area contributed by atoms with Crippen molar-refractivity contribution in [2.75, 3.05) is 19.7 Å². The van der Waals surface area contributed by atoms with Crippen molar-refractivity contribution in [1.82, 2.24) is 5.32 Å². The van der Waals surface area contributed by atoms with E-state index in [9.17, 15) is 5.11 Å². The monoisotopic (exact) mass is 281 g/mol. The molecule has 0 aliphatic heterocycles. The molecule has 0 aliphatic rings. The molecule has 0 aliphatic carbocycles. The highest BCUT2D eigenvalue weighted by molar-refractivity contribution is 6.30. The molecule has 0 spiro atoms. The molecule has 0 bridgehead atoms. The molecule has 0 heterocycles. The molecule has 1 aromatic carbocycles. The highest BCUT2D eigenvalue weighted by Gasteiger charge is 2.03. The van der Waals surface area contributed by atoms with Gasteiger partial charge in [0, 0.05) is 18.0 Å². The van der Waals surface area contributed by atoms with Gasteiger partial charge in [-0.25, -0.2) is 0 Å². The van der Waals surface area contributed by atoms with E-state index >= 15 is 0 Å². The highest BCUT2D eigenvalue weighted by atomic mass is 35.5. The number of hydrogen-bond donors (Lipinski definition) is 2. The number of terminal acetylenes is 1. The van der Waals surface area contributed by atoms with E-state index in [2.05, 4.69) is 11.2 Å². The Labute approximate surface area is 119 Å². The Kier molecular flexibility index (Phi) is 8.28. The van der Waals surface area contributed by atoms with Gasteiger partial charge in [-0.05, 0) is 30.7 Å². The summed E-state index contributed by atoms with van der Waals surface area (Å²) in [6, 6.07) is 7.47. The van der Waals surface area contributed by atoms with Crippen LogP contribution >= 0.6 is 11.6 Å². The summed E-state index contributed by atoms with van der Waals surface area (Å²) in [5.41, 5.74) is 1.04. The van der Waals surface area contributed by atoms with Crippen molar-refractivity contribution in [3.63, 3.8) is 0 Å². The number of rotatable bonds is 9. The van der Waals surface area contributed by atoms with E-state index in [1.54, 1.807) is 0 Å². The molecule has 0 saturated carbocycles. The quantitative estimate of drug-likeness (QED) is 0.539. The second kappa shape index (κ2) is 9.82. The van der Waals surface area contributed by atoms with Crippen molar-refractivity contribution < 1.29 is 9.84 Å². The molecule has 4 heteroatoms. The van der Waals surface area contributed by atoms with E-state index in [-0.39, 0.29) is 0 Å². The molecule has 0 aromatic heterocycles. The Hall–Kier alpha value is -1.05. The number of halogens is 1. The van der Waals surface area contributed by atoms with Gasteiger partial charge in [-0.3, -0.25) is 0 Å². The maximum atomic E-state index is 9.68. The first kappa shape index (κ1) is 16.0. The Bertz CT molecular complexity index is 386. The zero-order valence-corrected chi connectivity index (χ0v) is 11.7. The van der Waals surface area contributed by atoms with Crippen LogP contribution in [0.15, 0.2) is 24.3 Å². The molecule has 1 unspecified atom stereocenters. The van der Waals surface area contributed by atoms with Gasteiger partial charge < -0.3 is 15.2 Å². The van der Waals surface area contributed by atoms with Crippen LogP contribution in [0.2, 0.25) is 5.02 Å². The van der Waals surface area contributed by atoms with Gasteiger partial charge in [-0.1, -0.05) is 23.7 Å². The van der Waals surface area contributed by atoms with Crippen LogP contribution in [0.1, 0.15) is 18.4 Å². The minimum Gasteiger partial charge on any atom is -0.389 e. The number of benzene rings is 1. The summed E-state index contributed by atoms with van der Waals surface area (Å²) < 4.78 is 5.43. The Morgan fingerprint density at radius 3 is 2.79 bits per heavy atom. The van der Waals surface area contributed by atoms with Crippen LogP contribution in [0.5, 0.6) is 0 Å². The summed E-state index contributed by atoms with van der Waals surface area (Å²) in [4.78, 5) is 0. The largest absolute Gasteiger partial charge is 0.389 e. The van der Waals surface area contributed by atoms with Crippen LogP contribution < -0.4 is 5.32 Å². The third kappa shape index (κ3) is 7.86. The van der Waals surface area contributed by atoms with E-state index in [4.69, 9.17) is 22.8 Å². The van der Waals surface area contributed by atoms with E-state index in [0.29, 0.717) is 24.8 Å². The van der Waals surface area contributed by atoms with Crippen molar-refractivity contribution in [3.05, 3.63) is 34.9 Å². The average molecular weight is 282 g/mol. The molecule has 2 N–H and O–H groups in total. The van der Waals surface area contributed by atoms with Crippen molar-refractivity contribution in [1.29, 1.82) is 0 Å². The van der Waals surface area contributed by atoms with Crippen molar-refractivity contribution >= 4 is 11.6 Å². The fraction of sp³-hybridized carbons (Fsp3) is 0.467. The molecule has 0 amide bonds. The molecule has 1 aromatic rings. The summed E-state index contributed by atoms with van der Waals surface area (Å²) in [5, 5.41) is 13.5. The van der Waals surface area contributed by atoms with Gasteiger partial charge in [0.2, 0.25) is 0 Å². The zero-order chi connectivity index (χ0) is 13.9. The average Bonchev–Trinajstić information content (AvgIpc) is 2.41. The second-order valence-electron chi connectivity index (χ2n) is 4.31. The molecule has 104 valence electrons.